The highest BCUT2D eigenvalue weighted by Gasteiger charge is 2.11. The lowest BCUT2D eigenvalue weighted by atomic mass is 10.1. The largest absolute Gasteiger partial charge is 0.452 e. The molecule has 0 radical (unpaired) electrons. The third kappa shape index (κ3) is 5.83. The first-order valence-electron chi connectivity index (χ1n) is 8.95. The zero-order chi connectivity index (χ0) is 21.3. The van der Waals surface area contributed by atoms with Crippen LogP contribution in [0, 0.1) is 0 Å². The predicted octanol–water partition coefficient (Wildman–Crippen LogP) is 4.00. The number of nitrogens with zero attached hydrogens (tertiary/aromatic N) is 2. The van der Waals surface area contributed by atoms with Crippen LogP contribution in [0.5, 0.6) is 0 Å². The van der Waals surface area contributed by atoms with Crippen LogP contribution >= 0.6 is 0 Å². The van der Waals surface area contributed by atoms with Crippen molar-refractivity contribution in [2.45, 2.75) is 0 Å². The average molecular weight is 402 g/mol. The van der Waals surface area contributed by atoms with Gasteiger partial charge in [0, 0.05) is 11.3 Å². The summed E-state index contributed by atoms with van der Waals surface area (Å²) in [6.45, 7) is -0.453. The molecule has 30 heavy (non-hydrogen) atoms. The summed E-state index contributed by atoms with van der Waals surface area (Å²) in [4.78, 5) is 35.0. The molecule has 3 N–H and O–H groups in total. The first kappa shape index (κ1) is 20.4. The van der Waals surface area contributed by atoms with Gasteiger partial charge in [0.05, 0.1) is 16.9 Å². The Morgan fingerprint density at radius 2 is 1.33 bits per heavy atom. The van der Waals surface area contributed by atoms with E-state index in [0.717, 1.165) is 5.69 Å². The molecule has 0 aromatic heterocycles. The second-order valence-corrected chi connectivity index (χ2v) is 6.15. The Bertz CT molecular complexity index is 1060. The van der Waals surface area contributed by atoms with E-state index in [1.807, 2.05) is 30.3 Å². The smallest absolute Gasteiger partial charge is 0.338 e. The summed E-state index contributed by atoms with van der Waals surface area (Å²) in [6, 6.07) is 21.7. The molecule has 0 saturated carbocycles. The fourth-order valence-electron chi connectivity index (χ4n) is 2.40. The van der Waals surface area contributed by atoms with E-state index in [4.69, 9.17) is 10.5 Å². The van der Waals surface area contributed by atoms with Crippen LogP contribution in [0.4, 0.5) is 17.1 Å². The van der Waals surface area contributed by atoms with Gasteiger partial charge in [0.25, 0.3) is 5.91 Å². The molecule has 0 aliphatic carbocycles. The maximum absolute atomic E-state index is 12.0. The number of benzene rings is 3. The lowest BCUT2D eigenvalue weighted by Crippen LogP contribution is -2.21. The number of azo groups is 1. The van der Waals surface area contributed by atoms with E-state index in [0.29, 0.717) is 11.4 Å². The van der Waals surface area contributed by atoms with E-state index in [2.05, 4.69) is 15.5 Å². The van der Waals surface area contributed by atoms with E-state index in [1.165, 1.54) is 24.3 Å². The Labute approximate surface area is 172 Å². The lowest BCUT2D eigenvalue weighted by Gasteiger charge is -2.07. The van der Waals surface area contributed by atoms with Gasteiger partial charge in [-0.25, -0.2) is 4.79 Å². The first-order valence-corrected chi connectivity index (χ1v) is 8.95. The molecule has 0 atom stereocenters. The van der Waals surface area contributed by atoms with Crippen LogP contribution < -0.4 is 11.1 Å². The number of anilines is 1. The highest BCUT2D eigenvalue weighted by Crippen LogP contribution is 2.20. The van der Waals surface area contributed by atoms with Crippen molar-refractivity contribution in [2.24, 2.45) is 16.0 Å². The minimum Gasteiger partial charge on any atom is -0.452 e. The number of primary amides is 1. The maximum atomic E-state index is 12.0. The Kier molecular flexibility index (Phi) is 6.63. The molecule has 0 aliphatic heterocycles. The standard InChI is InChI=1S/C22H18N4O4/c23-21(28)15-6-8-16(9-7-15)22(29)30-14-20(27)24-17-10-12-19(13-11-17)26-25-18-4-2-1-3-5-18/h1-13H,14H2,(H2,23,28)(H,24,27). The molecule has 0 unspecified atom stereocenters. The van der Waals surface area contributed by atoms with Gasteiger partial charge in [0.15, 0.2) is 6.61 Å². The normalized spacial score (nSPS) is 10.5. The number of amides is 2. The summed E-state index contributed by atoms with van der Waals surface area (Å²) in [6.07, 6.45) is 0. The third-order valence-corrected chi connectivity index (χ3v) is 3.93. The molecular formula is C22H18N4O4. The van der Waals surface area contributed by atoms with E-state index in [9.17, 15) is 14.4 Å². The van der Waals surface area contributed by atoms with Crippen LogP contribution in [0.2, 0.25) is 0 Å². The zero-order valence-electron chi connectivity index (χ0n) is 15.8. The molecule has 3 rings (SSSR count). The molecule has 3 aromatic carbocycles. The molecule has 2 amide bonds. The topological polar surface area (TPSA) is 123 Å². The van der Waals surface area contributed by atoms with Crippen molar-refractivity contribution in [3.8, 4) is 0 Å². The Morgan fingerprint density at radius 1 is 0.767 bits per heavy atom. The summed E-state index contributed by atoms with van der Waals surface area (Å²) >= 11 is 0. The minimum absolute atomic E-state index is 0.209. The summed E-state index contributed by atoms with van der Waals surface area (Å²) in [5.74, 6) is -1.77. The number of carbonyl (C=O) groups is 3. The van der Waals surface area contributed by atoms with Crippen molar-refractivity contribution < 1.29 is 19.1 Å². The van der Waals surface area contributed by atoms with E-state index >= 15 is 0 Å². The van der Waals surface area contributed by atoms with Crippen molar-refractivity contribution in [3.63, 3.8) is 0 Å². The Balaban J connectivity index is 1.49. The van der Waals surface area contributed by atoms with E-state index in [1.54, 1.807) is 24.3 Å². The third-order valence-electron chi connectivity index (χ3n) is 3.93. The number of carbonyl (C=O) groups excluding carboxylic acids is 3. The molecule has 0 aliphatic rings. The van der Waals surface area contributed by atoms with Crippen LogP contribution in [0.25, 0.3) is 0 Å². The van der Waals surface area contributed by atoms with Crippen LogP contribution in [-0.2, 0) is 9.53 Å². The SMILES string of the molecule is NC(=O)c1ccc(C(=O)OCC(=O)Nc2ccc(N=Nc3ccccc3)cc2)cc1. The van der Waals surface area contributed by atoms with E-state index in [-0.39, 0.29) is 11.1 Å². The molecule has 0 heterocycles. The van der Waals surface area contributed by atoms with Crippen LogP contribution in [0.3, 0.4) is 0 Å². The number of hydrogen-bond acceptors (Lipinski definition) is 6. The number of nitrogens with two attached hydrogens (primary N) is 1. The van der Waals surface area contributed by atoms with Gasteiger partial charge in [0.2, 0.25) is 5.91 Å². The number of nitrogens with one attached hydrogen (secondary N) is 1. The van der Waals surface area contributed by atoms with E-state index < -0.39 is 24.4 Å². The maximum Gasteiger partial charge on any atom is 0.338 e. The van der Waals surface area contributed by atoms with Crippen molar-refractivity contribution in [3.05, 3.63) is 90.0 Å². The molecule has 0 fully saturated rings. The number of esters is 1. The van der Waals surface area contributed by atoms with Gasteiger partial charge < -0.3 is 15.8 Å². The van der Waals surface area contributed by atoms with Crippen molar-refractivity contribution in [2.75, 3.05) is 11.9 Å². The van der Waals surface area contributed by atoms with Gasteiger partial charge in [-0.3, -0.25) is 9.59 Å². The number of hydrogen-bond donors (Lipinski definition) is 2. The molecule has 0 saturated heterocycles. The number of rotatable bonds is 7. The summed E-state index contributed by atoms with van der Waals surface area (Å²) in [5, 5.41) is 10.9. The van der Waals surface area contributed by atoms with Gasteiger partial charge in [-0.1, -0.05) is 18.2 Å². The monoisotopic (exact) mass is 402 g/mol. The fourth-order valence-corrected chi connectivity index (χ4v) is 2.40. The molecule has 150 valence electrons. The summed E-state index contributed by atoms with van der Waals surface area (Å²) in [7, 11) is 0. The zero-order valence-corrected chi connectivity index (χ0v) is 15.8. The highest BCUT2D eigenvalue weighted by atomic mass is 16.5. The van der Waals surface area contributed by atoms with Crippen LogP contribution in [-0.4, -0.2) is 24.4 Å². The van der Waals surface area contributed by atoms with Crippen LogP contribution in [0.15, 0.2) is 89.1 Å². The molecule has 8 nitrogen and oxygen atoms in total. The Hall–Kier alpha value is -4.33. The summed E-state index contributed by atoms with van der Waals surface area (Å²) < 4.78 is 4.97. The quantitative estimate of drug-likeness (QED) is 0.458. The number of ether oxygens (including phenoxy) is 1. The predicted molar refractivity (Wildman–Crippen MR) is 111 cm³/mol. The van der Waals surface area contributed by atoms with Gasteiger partial charge >= 0.3 is 5.97 Å². The molecule has 0 spiro atoms. The second-order valence-electron chi connectivity index (χ2n) is 6.15. The van der Waals surface area contributed by atoms with Gasteiger partial charge in [-0.15, -0.1) is 0 Å². The molecule has 0 bridgehead atoms. The van der Waals surface area contributed by atoms with Crippen molar-refractivity contribution in [1.82, 2.24) is 0 Å². The van der Waals surface area contributed by atoms with Gasteiger partial charge in [-0.05, 0) is 60.7 Å². The molecule has 8 heteroatoms. The van der Waals surface area contributed by atoms with Crippen LogP contribution in [0.1, 0.15) is 20.7 Å². The molecular weight excluding hydrogens is 384 g/mol. The fraction of sp³-hybridized carbons (Fsp3) is 0.0455. The van der Waals surface area contributed by atoms with Crippen molar-refractivity contribution >= 4 is 34.8 Å². The average Bonchev–Trinajstić information content (AvgIpc) is 2.78. The lowest BCUT2D eigenvalue weighted by molar-refractivity contribution is -0.119. The second kappa shape index (κ2) is 9.74. The van der Waals surface area contributed by atoms with Crippen molar-refractivity contribution in [1.29, 1.82) is 0 Å². The van der Waals surface area contributed by atoms with Gasteiger partial charge in [0.1, 0.15) is 0 Å². The Morgan fingerprint density at radius 3 is 1.93 bits per heavy atom. The minimum atomic E-state index is -0.683. The summed E-state index contributed by atoms with van der Waals surface area (Å²) in [5.41, 5.74) is 7.52. The van der Waals surface area contributed by atoms with Gasteiger partial charge in [-0.2, -0.15) is 10.2 Å². The first-order chi connectivity index (χ1) is 14.5. The molecule has 3 aromatic rings. The highest BCUT2D eigenvalue weighted by molar-refractivity contribution is 5.97.